The van der Waals surface area contributed by atoms with E-state index >= 15 is 0 Å². The molecule has 0 bridgehead atoms. The van der Waals surface area contributed by atoms with E-state index in [9.17, 15) is 0 Å². The van der Waals surface area contributed by atoms with Gasteiger partial charge in [0.25, 0.3) is 0 Å². The second kappa shape index (κ2) is 6.69. The number of benzene rings is 2. The van der Waals surface area contributed by atoms with Gasteiger partial charge in [0, 0.05) is 16.0 Å². The molecule has 108 valence electrons. The fourth-order valence-corrected chi connectivity index (χ4v) is 2.37. The van der Waals surface area contributed by atoms with E-state index in [4.69, 9.17) is 23.2 Å². The molecule has 2 aromatic carbocycles. The fraction of sp³-hybridized carbons (Fsp3) is 0. The minimum absolute atomic E-state index is 0.403. The summed E-state index contributed by atoms with van der Waals surface area (Å²) in [6.45, 7) is 0. The van der Waals surface area contributed by atoms with E-state index in [0.717, 1.165) is 22.0 Å². The molecule has 0 atom stereocenters. The van der Waals surface area contributed by atoms with Crippen molar-refractivity contribution in [3.8, 4) is 0 Å². The Balaban J connectivity index is 1.82. The predicted octanol–water partition coefficient (Wildman–Crippen LogP) is 4.99. The molecule has 1 aromatic heterocycles. The Hall–Kier alpha value is -2.23. The Morgan fingerprint density at radius 1 is 0.864 bits per heavy atom. The molecule has 0 aliphatic carbocycles. The maximum Gasteiger partial charge on any atom is 0.138 e. The van der Waals surface area contributed by atoms with Gasteiger partial charge >= 0.3 is 0 Å². The van der Waals surface area contributed by atoms with Gasteiger partial charge in [0.15, 0.2) is 0 Å². The first kappa shape index (κ1) is 14.7. The smallest absolute Gasteiger partial charge is 0.138 e. The maximum atomic E-state index is 6.15. The van der Waals surface area contributed by atoms with E-state index in [0.29, 0.717) is 10.2 Å². The topological polar surface area (TPSA) is 37.6 Å². The van der Waals surface area contributed by atoms with E-state index in [2.05, 4.69) is 15.2 Å². The first-order valence-corrected chi connectivity index (χ1v) is 7.35. The molecule has 0 saturated heterocycles. The van der Waals surface area contributed by atoms with Crippen LogP contribution in [0.4, 0.5) is 0 Å². The lowest BCUT2D eigenvalue weighted by Crippen LogP contribution is -1.88. The van der Waals surface area contributed by atoms with Crippen LogP contribution in [0.25, 0.3) is 10.9 Å². The third-order valence-corrected chi connectivity index (χ3v) is 3.56. The van der Waals surface area contributed by atoms with Crippen LogP contribution in [-0.4, -0.2) is 17.4 Å². The summed E-state index contributed by atoms with van der Waals surface area (Å²) in [6.07, 6.45) is 3.22. The van der Waals surface area contributed by atoms with Gasteiger partial charge in [0.05, 0.1) is 17.9 Å². The maximum absolute atomic E-state index is 6.15. The van der Waals surface area contributed by atoms with Gasteiger partial charge in [-0.2, -0.15) is 10.2 Å². The number of hydrogen-bond acceptors (Lipinski definition) is 3. The second-order valence-corrected chi connectivity index (χ2v) is 5.40. The van der Waals surface area contributed by atoms with Crippen molar-refractivity contribution >= 4 is 46.5 Å². The number of para-hydroxylation sites is 1. The van der Waals surface area contributed by atoms with E-state index in [1.54, 1.807) is 12.4 Å². The molecule has 3 aromatic rings. The van der Waals surface area contributed by atoms with Gasteiger partial charge in [0.2, 0.25) is 0 Å². The Morgan fingerprint density at radius 3 is 2.55 bits per heavy atom. The predicted molar refractivity (Wildman–Crippen MR) is 93.4 cm³/mol. The number of halogens is 2. The average molecular weight is 328 g/mol. The number of hydrogen-bond donors (Lipinski definition) is 0. The SMILES string of the molecule is Clc1cccc(/C=N/N=C\c2cc3ccccc3nc2Cl)c1. The molecule has 0 saturated carbocycles. The van der Waals surface area contributed by atoms with Crippen LogP contribution in [0.3, 0.4) is 0 Å². The average Bonchev–Trinajstić information content (AvgIpc) is 2.52. The summed E-state index contributed by atoms with van der Waals surface area (Å²) in [5, 5.41) is 10.1. The molecule has 3 rings (SSSR count). The van der Waals surface area contributed by atoms with Crippen molar-refractivity contribution in [2.75, 3.05) is 0 Å². The summed E-state index contributed by atoms with van der Waals surface area (Å²) in [5.74, 6) is 0. The van der Waals surface area contributed by atoms with Crippen LogP contribution in [0.5, 0.6) is 0 Å². The Bertz CT molecular complexity index is 873. The molecule has 0 N–H and O–H groups in total. The van der Waals surface area contributed by atoms with E-state index in [1.165, 1.54) is 0 Å². The monoisotopic (exact) mass is 327 g/mol. The molecule has 0 aliphatic rings. The number of pyridine rings is 1. The van der Waals surface area contributed by atoms with Gasteiger partial charge in [-0.3, -0.25) is 0 Å². The van der Waals surface area contributed by atoms with Crippen LogP contribution >= 0.6 is 23.2 Å². The molecule has 0 radical (unpaired) electrons. The normalized spacial score (nSPS) is 11.7. The van der Waals surface area contributed by atoms with Gasteiger partial charge in [-0.15, -0.1) is 0 Å². The highest BCUT2D eigenvalue weighted by atomic mass is 35.5. The van der Waals surface area contributed by atoms with E-state index in [-0.39, 0.29) is 0 Å². The lowest BCUT2D eigenvalue weighted by atomic mass is 10.2. The Labute approximate surface area is 137 Å². The van der Waals surface area contributed by atoms with Crippen LogP contribution in [0.15, 0.2) is 64.8 Å². The first-order valence-electron chi connectivity index (χ1n) is 6.59. The highest BCUT2D eigenvalue weighted by Gasteiger charge is 2.02. The minimum atomic E-state index is 0.403. The molecule has 0 unspecified atom stereocenters. The quantitative estimate of drug-likeness (QED) is 0.379. The highest BCUT2D eigenvalue weighted by molar-refractivity contribution is 6.32. The molecule has 3 nitrogen and oxygen atoms in total. The summed E-state index contributed by atoms with van der Waals surface area (Å²) in [6, 6.07) is 17.1. The van der Waals surface area contributed by atoms with Crippen LogP contribution in [-0.2, 0) is 0 Å². The summed E-state index contributed by atoms with van der Waals surface area (Å²) in [7, 11) is 0. The lowest BCUT2D eigenvalue weighted by Gasteiger charge is -2.00. The third kappa shape index (κ3) is 3.50. The summed E-state index contributed by atoms with van der Waals surface area (Å²) in [4.78, 5) is 4.33. The van der Waals surface area contributed by atoms with Crippen molar-refractivity contribution in [2.45, 2.75) is 0 Å². The number of nitrogens with zero attached hydrogens (tertiary/aromatic N) is 3. The zero-order valence-electron chi connectivity index (χ0n) is 11.4. The van der Waals surface area contributed by atoms with Crippen molar-refractivity contribution in [1.29, 1.82) is 0 Å². The summed E-state index contributed by atoms with van der Waals surface area (Å²) >= 11 is 12.1. The molecule has 22 heavy (non-hydrogen) atoms. The van der Waals surface area contributed by atoms with Crippen LogP contribution in [0, 0.1) is 0 Å². The van der Waals surface area contributed by atoms with Gasteiger partial charge in [-0.1, -0.05) is 53.5 Å². The summed E-state index contributed by atoms with van der Waals surface area (Å²) < 4.78 is 0. The summed E-state index contributed by atoms with van der Waals surface area (Å²) in [5.41, 5.74) is 2.46. The zero-order chi connectivity index (χ0) is 15.4. The third-order valence-electron chi connectivity index (χ3n) is 3.02. The van der Waals surface area contributed by atoms with E-state index < -0.39 is 0 Å². The Morgan fingerprint density at radius 2 is 1.68 bits per heavy atom. The lowest BCUT2D eigenvalue weighted by molar-refractivity contribution is 1.26. The van der Waals surface area contributed by atoms with Crippen LogP contribution in [0.2, 0.25) is 10.2 Å². The molecule has 0 fully saturated rings. The first-order chi connectivity index (χ1) is 10.7. The van der Waals surface area contributed by atoms with Crippen LogP contribution < -0.4 is 0 Å². The van der Waals surface area contributed by atoms with Crippen molar-refractivity contribution in [2.24, 2.45) is 10.2 Å². The molecular weight excluding hydrogens is 317 g/mol. The van der Waals surface area contributed by atoms with Crippen LogP contribution in [0.1, 0.15) is 11.1 Å². The molecule has 0 spiro atoms. The van der Waals surface area contributed by atoms with Crippen molar-refractivity contribution in [3.63, 3.8) is 0 Å². The second-order valence-electron chi connectivity index (χ2n) is 4.61. The van der Waals surface area contributed by atoms with Crippen molar-refractivity contribution in [1.82, 2.24) is 4.98 Å². The van der Waals surface area contributed by atoms with E-state index in [1.807, 2.05) is 54.6 Å². The molecule has 0 aliphatic heterocycles. The highest BCUT2D eigenvalue weighted by Crippen LogP contribution is 2.19. The number of fused-ring (bicyclic) bond motifs is 1. The number of aromatic nitrogens is 1. The van der Waals surface area contributed by atoms with Crippen molar-refractivity contribution < 1.29 is 0 Å². The molecule has 1 heterocycles. The van der Waals surface area contributed by atoms with Gasteiger partial charge in [-0.05, 0) is 29.8 Å². The van der Waals surface area contributed by atoms with Gasteiger partial charge in [0.1, 0.15) is 5.15 Å². The number of rotatable bonds is 3. The van der Waals surface area contributed by atoms with Gasteiger partial charge in [-0.25, -0.2) is 4.98 Å². The zero-order valence-corrected chi connectivity index (χ0v) is 13.0. The molecule has 5 heteroatoms. The standard InChI is InChI=1S/C17H11Cl2N3/c18-15-6-3-4-12(8-15)10-20-21-11-14-9-13-5-1-2-7-16(13)22-17(14)19/h1-11H/b20-10+,21-11-. The van der Waals surface area contributed by atoms with Gasteiger partial charge < -0.3 is 0 Å². The molecule has 0 amide bonds. The minimum Gasteiger partial charge on any atom is -0.235 e. The van der Waals surface area contributed by atoms with Crippen molar-refractivity contribution in [3.05, 3.63) is 75.9 Å². The Kier molecular flexibility index (Phi) is 4.47. The largest absolute Gasteiger partial charge is 0.235 e. The molecular formula is C17H11Cl2N3. The fourth-order valence-electron chi connectivity index (χ4n) is 1.98.